The summed E-state index contributed by atoms with van der Waals surface area (Å²) < 4.78 is 6.14. The maximum absolute atomic E-state index is 11.9. The number of ether oxygens (including phenoxy) is 1. The van der Waals surface area contributed by atoms with Gasteiger partial charge in [0.2, 0.25) is 0 Å². The van der Waals surface area contributed by atoms with Gasteiger partial charge in [-0.1, -0.05) is 34.1 Å². The summed E-state index contributed by atoms with van der Waals surface area (Å²) in [5.41, 5.74) is 1.20. The van der Waals surface area contributed by atoms with E-state index in [2.05, 4.69) is 37.9 Å². The number of aliphatic hydroxyl groups excluding tert-OH is 2. The van der Waals surface area contributed by atoms with Crippen molar-refractivity contribution in [1.29, 1.82) is 0 Å². The maximum atomic E-state index is 11.9. The highest BCUT2D eigenvalue weighted by Crippen LogP contribution is 2.69. The average molecular weight is 553 g/mol. The van der Waals surface area contributed by atoms with Crippen LogP contribution in [0.3, 0.4) is 0 Å². The fourth-order valence-corrected chi connectivity index (χ4v) is 10.7. The Morgan fingerprint density at radius 3 is 2.60 bits per heavy atom. The lowest BCUT2D eigenvalue weighted by atomic mass is 9.41. The van der Waals surface area contributed by atoms with Gasteiger partial charge in [-0.25, -0.2) is 4.79 Å². The molecule has 0 bridgehead atoms. The lowest BCUT2D eigenvalue weighted by Gasteiger charge is -2.64. The van der Waals surface area contributed by atoms with Gasteiger partial charge in [0.25, 0.3) is 0 Å². The summed E-state index contributed by atoms with van der Waals surface area (Å²) in [4.78, 5) is 11.3. The van der Waals surface area contributed by atoms with Gasteiger partial charge >= 0.3 is 5.97 Å². The SMILES string of the molecule is CC[C@H]1[C@@H](O)[C@@H]2[C@H](CC[C@]3(C)[C@@H]([C@H](C)CCOc4ccc5c(C(=O)O)n[nH]c5c4)CC[C@@H]23)[C@@]2(C)CC[C@@H](O)C[C@@H]12. The van der Waals surface area contributed by atoms with Gasteiger partial charge in [0, 0.05) is 11.5 Å². The standard InChI is InChI=1S/C33H48N2O5/c1-5-21-26-16-19(36)10-13-33(26,4)25-11-14-32(3)23(8-9-24(32)28(25)30(21)37)18(2)12-15-40-20-6-7-22-27(17-20)34-35-29(22)31(38)39/h6-7,17-19,21,23-26,28,30,36-37H,5,8-16H2,1-4H3,(H,34,35)(H,38,39)/t18-,19-,21-,23-,24+,25+,26+,28+,30-,32-,33-/m1/s1. The molecule has 11 atom stereocenters. The molecular formula is C33H48N2O5. The smallest absolute Gasteiger partial charge is 0.357 e. The summed E-state index contributed by atoms with van der Waals surface area (Å²) in [7, 11) is 0. The minimum Gasteiger partial charge on any atom is -0.494 e. The molecule has 0 radical (unpaired) electrons. The van der Waals surface area contributed by atoms with E-state index in [1.54, 1.807) is 6.07 Å². The number of aliphatic hydroxyl groups is 2. The molecule has 7 heteroatoms. The zero-order valence-corrected chi connectivity index (χ0v) is 24.6. The summed E-state index contributed by atoms with van der Waals surface area (Å²) in [6, 6.07) is 5.43. The van der Waals surface area contributed by atoms with E-state index < -0.39 is 5.97 Å². The van der Waals surface area contributed by atoms with E-state index in [0.717, 1.165) is 37.9 Å². The molecule has 0 unspecified atom stereocenters. The Labute approximate surface area is 238 Å². The van der Waals surface area contributed by atoms with Gasteiger partial charge in [-0.15, -0.1) is 0 Å². The number of nitrogens with zero attached hydrogens (tertiary/aromatic N) is 1. The molecule has 1 aromatic carbocycles. The number of aromatic nitrogens is 2. The normalized spacial score (nSPS) is 41.6. The second-order valence-electron chi connectivity index (χ2n) is 14.3. The molecule has 0 saturated heterocycles. The minimum atomic E-state index is -1.04. The predicted molar refractivity (Wildman–Crippen MR) is 154 cm³/mol. The zero-order chi connectivity index (χ0) is 28.4. The van der Waals surface area contributed by atoms with Crippen LogP contribution in [0.2, 0.25) is 0 Å². The molecule has 40 heavy (non-hydrogen) atoms. The number of benzene rings is 1. The van der Waals surface area contributed by atoms with Crippen LogP contribution in [0.5, 0.6) is 5.75 Å². The number of nitrogens with one attached hydrogen (secondary N) is 1. The van der Waals surface area contributed by atoms with Crippen molar-refractivity contribution in [3.05, 3.63) is 23.9 Å². The molecule has 4 fully saturated rings. The van der Waals surface area contributed by atoms with Crippen LogP contribution in [-0.4, -0.2) is 50.3 Å². The van der Waals surface area contributed by atoms with Crippen LogP contribution in [0.1, 0.15) is 96.0 Å². The van der Waals surface area contributed by atoms with Crippen molar-refractivity contribution in [2.75, 3.05) is 6.61 Å². The quantitative estimate of drug-likeness (QED) is 0.321. The monoisotopic (exact) mass is 552 g/mol. The van der Waals surface area contributed by atoms with E-state index in [1.807, 2.05) is 12.1 Å². The molecule has 0 spiro atoms. The van der Waals surface area contributed by atoms with Gasteiger partial charge in [0.1, 0.15) is 5.75 Å². The molecule has 220 valence electrons. The molecule has 1 aromatic heterocycles. The average Bonchev–Trinajstić information content (AvgIpc) is 3.50. The van der Waals surface area contributed by atoms with Crippen molar-refractivity contribution in [2.24, 2.45) is 52.3 Å². The first kappa shape index (κ1) is 28.0. The number of aromatic carboxylic acids is 1. The molecule has 0 aliphatic heterocycles. The van der Waals surface area contributed by atoms with Crippen molar-refractivity contribution in [3.8, 4) is 5.75 Å². The Kier molecular flexibility index (Phi) is 7.22. The van der Waals surface area contributed by atoms with Gasteiger partial charge < -0.3 is 20.1 Å². The zero-order valence-electron chi connectivity index (χ0n) is 24.6. The highest BCUT2D eigenvalue weighted by atomic mass is 16.5. The van der Waals surface area contributed by atoms with Crippen LogP contribution in [0.25, 0.3) is 10.9 Å². The molecule has 6 rings (SSSR count). The molecule has 4 N–H and O–H groups in total. The minimum absolute atomic E-state index is 0.0351. The molecular weight excluding hydrogens is 504 g/mol. The lowest BCUT2D eigenvalue weighted by Crippen LogP contribution is -2.62. The Balaban J connectivity index is 1.14. The van der Waals surface area contributed by atoms with Crippen LogP contribution in [0, 0.1) is 52.3 Å². The van der Waals surface area contributed by atoms with Crippen molar-refractivity contribution in [1.82, 2.24) is 10.2 Å². The highest BCUT2D eigenvalue weighted by molar-refractivity contribution is 6.01. The number of aromatic amines is 1. The summed E-state index contributed by atoms with van der Waals surface area (Å²) in [6.07, 6.45) is 9.29. The first-order valence-electron chi connectivity index (χ1n) is 15.8. The number of hydrogen-bond donors (Lipinski definition) is 4. The van der Waals surface area contributed by atoms with Crippen molar-refractivity contribution >= 4 is 16.9 Å². The topological polar surface area (TPSA) is 116 Å². The van der Waals surface area contributed by atoms with Crippen LogP contribution >= 0.6 is 0 Å². The van der Waals surface area contributed by atoms with Gasteiger partial charge in [-0.2, -0.15) is 5.10 Å². The van der Waals surface area contributed by atoms with E-state index in [-0.39, 0.29) is 28.7 Å². The largest absolute Gasteiger partial charge is 0.494 e. The van der Waals surface area contributed by atoms with Gasteiger partial charge in [-0.05, 0) is 116 Å². The Morgan fingerprint density at radius 1 is 1.10 bits per heavy atom. The van der Waals surface area contributed by atoms with Gasteiger partial charge in [0.05, 0.1) is 24.3 Å². The second kappa shape index (κ2) is 10.3. The Bertz CT molecular complexity index is 1240. The second-order valence-corrected chi connectivity index (χ2v) is 14.3. The fourth-order valence-electron chi connectivity index (χ4n) is 10.7. The molecule has 4 aliphatic rings. The summed E-state index contributed by atoms with van der Waals surface area (Å²) >= 11 is 0. The molecule has 4 saturated carbocycles. The van der Waals surface area contributed by atoms with Crippen LogP contribution in [0.15, 0.2) is 18.2 Å². The third kappa shape index (κ3) is 4.29. The van der Waals surface area contributed by atoms with Crippen LogP contribution in [-0.2, 0) is 0 Å². The summed E-state index contributed by atoms with van der Waals surface area (Å²) in [5.74, 6) is 3.09. The molecule has 7 nitrogen and oxygen atoms in total. The first-order valence-corrected chi connectivity index (χ1v) is 15.8. The van der Waals surface area contributed by atoms with Crippen LogP contribution in [0.4, 0.5) is 0 Å². The molecule has 0 amide bonds. The predicted octanol–water partition coefficient (Wildman–Crippen LogP) is 6.29. The van der Waals surface area contributed by atoms with Crippen LogP contribution < -0.4 is 4.74 Å². The number of rotatable bonds is 7. The number of carboxylic acid groups (broad SMARTS) is 1. The van der Waals surface area contributed by atoms with E-state index in [0.29, 0.717) is 58.9 Å². The number of hydrogen-bond acceptors (Lipinski definition) is 5. The third-order valence-electron chi connectivity index (χ3n) is 12.7. The molecule has 1 heterocycles. The number of fused-ring (bicyclic) bond motifs is 6. The van der Waals surface area contributed by atoms with Crippen molar-refractivity contribution in [2.45, 2.75) is 97.7 Å². The Hall–Kier alpha value is -2.12. The molecule has 2 aromatic rings. The van der Waals surface area contributed by atoms with E-state index in [9.17, 15) is 20.1 Å². The summed E-state index contributed by atoms with van der Waals surface area (Å²) in [5, 5.41) is 39.1. The summed E-state index contributed by atoms with van der Waals surface area (Å²) in [6.45, 7) is 10.3. The fraction of sp³-hybridized carbons (Fsp3) is 0.758. The molecule has 4 aliphatic carbocycles. The van der Waals surface area contributed by atoms with Gasteiger partial charge in [0.15, 0.2) is 5.69 Å². The third-order valence-corrected chi connectivity index (χ3v) is 12.7. The Morgan fingerprint density at radius 2 is 1.85 bits per heavy atom. The van der Waals surface area contributed by atoms with E-state index in [1.165, 1.54) is 25.7 Å². The maximum Gasteiger partial charge on any atom is 0.357 e. The van der Waals surface area contributed by atoms with E-state index >= 15 is 0 Å². The first-order chi connectivity index (χ1) is 19.1. The van der Waals surface area contributed by atoms with Crippen molar-refractivity contribution in [3.63, 3.8) is 0 Å². The lowest BCUT2D eigenvalue weighted by molar-refractivity contribution is -0.203. The number of carboxylic acids is 1. The highest BCUT2D eigenvalue weighted by Gasteiger charge is 2.64. The van der Waals surface area contributed by atoms with Gasteiger partial charge in [-0.3, -0.25) is 5.10 Å². The number of H-pyrrole nitrogens is 1. The van der Waals surface area contributed by atoms with E-state index in [4.69, 9.17) is 4.74 Å². The van der Waals surface area contributed by atoms with Crippen molar-refractivity contribution < 1.29 is 24.9 Å². The number of carbonyl (C=O) groups is 1.